The Morgan fingerprint density at radius 2 is 2.00 bits per heavy atom. The van der Waals surface area contributed by atoms with Gasteiger partial charge in [0.15, 0.2) is 0 Å². The van der Waals surface area contributed by atoms with Crippen molar-refractivity contribution in [1.82, 2.24) is 0 Å². The Hall–Kier alpha value is -0.0400. The summed E-state index contributed by atoms with van der Waals surface area (Å²) in [6, 6.07) is 0. The third-order valence-electron chi connectivity index (χ3n) is 3.49. The van der Waals surface area contributed by atoms with E-state index in [2.05, 4.69) is 13.8 Å². The monoisotopic (exact) mass is 184 g/mol. The SMILES string of the molecule is CCCC(C)C1CCCCC(O)C1. The van der Waals surface area contributed by atoms with Gasteiger partial charge in [0.25, 0.3) is 0 Å². The van der Waals surface area contributed by atoms with Gasteiger partial charge in [-0.1, -0.05) is 46.0 Å². The van der Waals surface area contributed by atoms with Crippen LogP contribution in [0.4, 0.5) is 0 Å². The third kappa shape index (κ3) is 3.68. The van der Waals surface area contributed by atoms with E-state index in [4.69, 9.17) is 0 Å². The lowest BCUT2D eigenvalue weighted by Gasteiger charge is -2.23. The molecule has 78 valence electrons. The highest BCUT2D eigenvalue weighted by Gasteiger charge is 2.22. The Balaban J connectivity index is 2.37. The Morgan fingerprint density at radius 1 is 1.31 bits per heavy atom. The third-order valence-corrected chi connectivity index (χ3v) is 3.49. The molecule has 1 aliphatic rings. The maximum Gasteiger partial charge on any atom is 0.0543 e. The smallest absolute Gasteiger partial charge is 0.0543 e. The van der Waals surface area contributed by atoms with Crippen LogP contribution in [-0.4, -0.2) is 11.2 Å². The van der Waals surface area contributed by atoms with Crippen LogP contribution in [0.2, 0.25) is 0 Å². The predicted octanol–water partition coefficient (Wildman–Crippen LogP) is 3.36. The second-order valence-corrected chi connectivity index (χ2v) is 4.70. The molecule has 1 fully saturated rings. The van der Waals surface area contributed by atoms with Crippen molar-refractivity contribution < 1.29 is 5.11 Å². The van der Waals surface area contributed by atoms with Crippen LogP contribution in [0, 0.1) is 11.8 Å². The molecule has 1 heteroatoms. The minimum atomic E-state index is -0.00759. The molecule has 3 unspecified atom stereocenters. The number of rotatable bonds is 3. The van der Waals surface area contributed by atoms with Gasteiger partial charge in [0.1, 0.15) is 0 Å². The highest BCUT2D eigenvalue weighted by Crippen LogP contribution is 2.31. The summed E-state index contributed by atoms with van der Waals surface area (Å²) in [5.41, 5.74) is 0. The molecule has 1 nitrogen and oxygen atoms in total. The quantitative estimate of drug-likeness (QED) is 0.667. The normalized spacial score (nSPS) is 32.5. The van der Waals surface area contributed by atoms with E-state index < -0.39 is 0 Å². The molecule has 1 aliphatic carbocycles. The molecule has 0 saturated heterocycles. The number of hydrogen-bond acceptors (Lipinski definition) is 1. The van der Waals surface area contributed by atoms with Crippen molar-refractivity contribution in [3.63, 3.8) is 0 Å². The zero-order valence-electron chi connectivity index (χ0n) is 9.13. The summed E-state index contributed by atoms with van der Waals surface area (Å²) in [7, 11) is 0. The van der Waals surface area contributed by atoms with Gasteiger partial charge in [-0.3, -0.25) is 0 Å². The fourth-order valence-corrected chi connectivity index (χ4v) is 2.58. The van der Waals surface area contributed by atoms with E-state index in [-0.39, 0.29) is 6.10 Å². The van der Waals surface area contributed by atoms with E-state index in [0.29, 0.717) is 0 Å². The molecular formula is C12H24O. The summed E-state index contributed by atoms with van der Waals surface area (Å²) in [6.45, 7) is 4.61. The van der Waals surface area contributed by atoms with Gasteiger partial charge in [0, 0.05) is 0 Å². The van der Waals surface area contributed by atoms with E-state index in [1.54, 1.807) is 0 Å². The van der Waals surface area contributed by atoms with Crippen molar-refractivity contribution in [2.45, 2.75) is 64.9 Å². The first kappa shape index (κ1) is 11.0. The van der Waals surface area contributed by atoms with Crippen LogP contribution in [0.5, 0.6) is 0 Å². The summed E-state index contributed by atoms with van der Waals surface area (Å²) < 4.78 is 0. The van der Waals surface area contributed by atoms with Crippen LogP contribution in [-0.2, 0) is 0 Å². The lowest BCUT2D eigenvalue weighted by atomic mass is 9.84. The summed E-state index contributed by atoms with van der Waals surface area (Å²) in [6.07, 6.45) is 8.61. The van der Waals surface area contributed by atoms with Crippen LogP contribution >= 0.6 is 0 Å². The number of hydrogen-bond donors (Lipinski definition) is 1. The molecule has 0 amide bonds. The topological polar surface area (TPSA) is 20.2 Å². The second kappa shape index (κ2) is 5.64. The first-order chi connectivity index (χ1) is 6.24. The van der Waals surface area contributed by atoms with E-state index >= 15 is 0 Å². The van der Waals surface area contributed by atoms with Crippen molar-refractivity contribution in [1.29, 1.82) is 0 Å². The molecule has 0 spiro atoms. The van der Waals surface area contributed by atoms with Crippen LogP contribution in [0.1, 0.15) is 58.8 Å². The zero-order chi connectivity index (χ0) is 9.68. The summed E-state index contributed by atoms with van der Waals surface area (Å²) in [4.78, 5) is 0. The highest BCUT2D eigenvalue weighted by molar-refractivity contribution is 4.74. The van der Waals surface area contributed by atoms with Gasteiger partial charge < -0.3 is 5.11 Å². The standard InChI is InChI=1S/C12H24O/c1-3-6-10(2)11-7-4-5-8-12(13)9-11/h10-13H,3-9H2,1-2H3. The summed E-state index contributed by atoms with van der Waals surface area (Å²) in [5, 5.41) is 9.68. The molecular weight excluding hydrogens is 160 g/mol. The van der Waals surface area contributed by atoms with Crippen LogP contribution < -0.4 is 0 Å². The molecule has 0 aromatic heterocycles. The molecule has 3 atom stereocenters. The zero-order valence-corrected chi connectivity index (χ0v) is 9.13. The maximum absolute atomic E-state index is 9.68. The second-order valence-electron chi connectivity index (χ2n) is 4.70. The Bertz CT molecular complexity index is 133. The van der Waals surface area contributed by atoms with Gasteiger partial charge >= 0.3 is 0 Å². The number of aliphatic hydroxyl groups excluding tert-OH is 1. The minimum absolute atomic E-state index is 0.00759. The van der Waals surface area contributed by atoms with Gasteiger partial charge in [-0.25, -0.2) is 0 Å². The first-order valence-electron chi connectivity index (χ1n) is 5.92. The largest absolute Gasteiger partial charge is 0.393 e. The minimum Gasteiger partial charge on any atom is -0.393 e. The molecule has 0 aliphatic heterocycles. The Labute approximate surface area is 82.5 Å². The van der Waals surface area contributed by atoms with Crippen molar-refractivity contribution >= 4 is 0 Å². The van der Waals surface area contributed by atoms with Gasteiger partial charge in [-0.15, -0.1) is 0 Å². The Morgan fingerprint density at radius 3 is 2.69 bits per heavy atom. The van der Waals surface area contributed by atoms with Crippen molar-refractivity contribution in [2.75, 3.05) is 0 Å². The van der Waals surface area contributed by atoms with E-state index in [9.17, 15) is 5.11 Å². The lowest BCUT2D eigenvalue weighted by Crippen LogP contribution is -2.16. The fourth-order valence-electron chi connectivity index (χ4n) is 2.58. The van der Waals surface area contributed by atoms with E-state index in [1.165, 1.54) is 32.1 Å². The van der Waals surface area contributed by atoms with Gasteiger partial charge in [-0.05, 0) is 24.7 Å². The predicted molar refractivity (Wildman–Crippen MR) is 56.7 cm³/mol. The van der Waals surface area contributed by atoms with Gasteiger partial charge in [0.2, 0.25) is 0 Å². The van der Waals surface area contributed by atoms with E-state index in [0.717, 1.165) is 24.7 Å². The molecule has 0 aromatic carbocycles. The fraction of sp³-hybridized carbons (Fsp3) is 1.00. The molecule has 0 heterocycles. The van der Waals surface area contributed by atoms with Crippen molar-refractivity contribution in [2.24, 2.45) is 11.8 Å². The lowest BCUT2D eigenvalue weighted by molar-refractivity contribution is 0.126. The Kier molecular flexibility index (Phi) is 4.79. The summed E-state index contributed by atoms with van der Waals surface area (Å²) in [5.74, 6) is 1.61. The van der Waals surface area contributed by atoms with E-state index in [1.807, 2.05) is 0 Å². The van der Waals surface area contributed by atoms with Gasteiger partial charge in [0.05, 0.1) is 6.10 Å². The number of aliphatic hydroxyl groups is 1. The van der Waals surface area contributed by atoms with Crippen molar-refractivity contribution in [3.8, 4) is 0 Å². The molecule has 0 bridgehead atoms. The molecule has 13 heavy (non-hydrogen) atoms. The average molecular weight is 184 g/mol. The molecule has 0 aromatic rings. The van der Waals surface area contributed by atoms with Crippen LogP contribution in [0.15, 0.2) is 0 Å². The van der Waals surface area contributed by atoms with Crippen LogP contribution in [0.25, 0.3) is 0 Å². The first-order valence-corrected chi connectivity index (χ1v) is 5.92. The highest BCUT2D eigenvalue weighted by atomic mass is 16.3. The van der Waals surface area contributed by atoms with Crippen molar-refractivity contribution in [3.05, 3.63) is 0 Å². The molecule has 0 radical (unpaired) electrons. The van der Waals surface area contributed by atoms with Crippen LogP contribution in [0.3, 0.4) is 0 Å². The molecule has 1 N–H and O–H groups in total. The average Bonchev–Trinajstić information content (AvgIpc) is 2.30. The van der Waals surface area contributed by atoms with Gasteiger partial charge in [-0.2, -0.15) is 0 Å². The summed E-state index contributed by atoms with van der Waals surface area (Å²) >= 11 is 0. The molecule has 1 saturated carbocycles. The maximum atomic E-state index is 9.68. The molecule has 1 rings (SSSR count).